The first kappa shape index (κ1) is 19.6. The molecular weight excluding hydrogens is 332 g/mol. The molecule has 0 aromatic heterocycles. The van der Waals surface area contributed by atoms with E-state index in [-0.39, 0.29) is 12.2 Å². The molecule has 8 heteroatoms. The van der Waals surface area contributed by atoms with Crippen LogP contribution in [0.1, 0.15) is 18.9 Å². The van der Waals surface area contributed by atoms with E-state index in [1.165, 1.54) is 0 Å². The third-order valence-corrected chi connectivity index (χ3v) is 4.48. The second-order valence-corrected chi connectivity index (χ2v) is 6.43. The van der Waals surface area contributed by atoms with Crippen LogP contribution in [-0.4, -0.2) is 68.3 Å². The van der Waals surface area contributed by atoms with Gasteiger partial charge in [0.2, 0.25) is 0 Å². The summed E-state index contributed by atoms with van der Waals surface area (Å²) < 4.78 is 11.1. The molecule has 140 valence electrons. The summed E-state index contributed by atoms with van der Waals surface area (Å²) >= 11 is 0. The second kappa shape index (κ2) is 7.67. The van der Waals surface area contributed by atoms with E-state index in [2.05, 4.69) is 0 Å². The molecule has 4 unspecified atom stereocenters. The first-order valence-corrected chi connectivity index (χ1v) is 8.02. The molecule has 1 aromatic carbocycles. The Kier molecular flexibility index (Phi) is 6.02. The van der Waals surface area contributed by atoms with E-state index >= 15 is 0 Å². The van der Waals surface area contributed by atoms with Gasteiger partial charge in [0, 0.05) is 5.92 Å². The summed E-state index contributed by atoms with van der Waals surface area (Å²) in [5.74, 6) is -4.13. The van der Waals surface area contributed by atoms with Gasteiger partial charge in [-0.25, -0.2) is 4.79 Å². The van der Waals surface area contributed by atoms with Crippen molar-refractivity contribution in [3.8, 4) is 5.75 Å². The first-order chi connectivity index (χ1) is 11.7. The molecule has 0 spiro atoms. The maximum absolute atomic E-state index is 11.9. The van der Waals surface area contributed by atoms with Gasteiger partial charge in [0.1, 0.15) is 18.0 Å². The SMILES string of the molecule is Cc1ccc(OC2(C(=O)O)CC(O)C(C)C([C@H](O)[C@H](O)CO)O2)cc1. The van der Waals surface area contributed by atoms with Crippen molar-refractivity contribution >= 4 is 5.97 Å². The minimum Gasteiger partial charge on any atom is -0.476 e. The van der Waals surface area contributed by atoms with Crippen LogP contribution in [0.2, 0.25) is 0 Å². The fourth-order valence-electron chi connectivity index (χ4n) is 2.81. The molecule has 25 heavy (non-hydrogen) atoms. The van der Waals surface area contributed by atoms with Gasteiger partial charge in [-0.15, -0.1) is 0 Å². The highest BCUT2D eigenvalue weighted by molar-refractivity contribution is 5.76. The summed E-state index contributed by atoms with van der Waals surface area (Å²) in [6, 6.07) is 6.60. The van der Waals surface area contributed by atoms with Crippen molar-refractivity contribution in [1.29, 1.82) is 0 Å². The van der Waals surface area contributed by atoms with Crippen LogP contribution in [0.25, 0.3) is 0 Å². The predicted octanol–water partition coefficient (Wildman–Crippen LogP) is -0.345. The Bertz CT molecular complexity index is 589. The summed E-state index contributed by atoms with van der Waals surface area (Å²) in [5.41, 5.74) is 0.953. The van der Waals surface area contributed by atoms with E-state index in [1.807, 2.05) is 6.92 Å². The monoisotopic (exact) mass is 356 g/mol. The van der Waals surface area contributed by atoms with Gasteiger partial charge in [0.25, 0.3) is 0 Å². The number of aryl methyl sites for hydroxylation is 1. The van der Waals surface area contributed by atoms with Crippen molar-refractivity contribution in [3.63, 3.8) is 0 Å². The predicted molar refractivity (Wildman–Crippen MR) is 85.9 cm³/mol. The van der Waals surface area contributed by atoms with Crippen LogP contribution in [0, 0.1) is 12.8 Å². The van der Waals surface area contributed by atoms with Crippen molar-refractivity contribution in [3.05, 3.63) is 29.8 Å². The van der Waals surface area contributed by atoms with Crippen molar-refractivity contribution in [1.82, 2.24) is 0 Å². The van der Waals surface area contributed by atoms with Gasteiger partial charge in [-0.1, -0.05) is 24.6 Å². The Hall–Kier alpha value is -1.71. The van der Waals surface area contributed by atoms with Crippen molar-refractivity contribution < 1.29 is 39.8 Å². The van der Waals surface area contributed by atoms with E-state index in [4.69, 9.17) is 14.6 Å². The standard InChI is InChI=1S/C17H24O8/c1-9-3-5-11(6-4-9)24-17(16(22)23)7-12(19)10(2)15(25-17)14(21)13(20)8-18/h3-6,10,12-15,18-21H,7-8H2,1-2H3,(H,22,23)/t10?,12?,13-,14-,15?,17?/m1/s1. The van der Waals surface area contributed by atoms with Crippen LogP contribution in [0.4, 0.5) is 0 Å². The number of aliphatic hydroxyl groups is 4. The van der Waals surface area contributed by atoms with Crippen LogP contribution < -0.4 is 4.74 Å². The Labute approximate surface area is 145 Å². The highest BCUT2D eigenvalue weighted by atomic mass is 16.7. The molecule has 0 amide bonds. The fourth-order valence-corrected chi connectivity index (χ4v) is 2.81. The molecule has 8 nitrogen and oxygen atoms in total. The van der Waals surface area contributed by atoms with Crippen LogP contribution >= 0.6 is 0 Å². The summed E-state index contributed by atoms with van der Waals surface area (Å²) in [6.07, 6.45) is -5.87. The highest BCUT2D eigenvalue weighted by Crippen LogP contribution is 2.37. The number of ether oxygens (including phenoxy) is 2. The Morgan fingerprint density at radius 2 is 1.96 bits per heavy atom. The quantitative estimate of drug-likeness (QED) is 0.467. The van der Waals surface area contributed by atoms with Gasteiger partial charge in [-0.05, 0) is 19.1 Å². The molecule has 0 bridgehead atoms. The Morgan fingerprint density at radius 1 is 1.36 bits per heavy atom. The van der Waals surface area contributed by atoms with Crippen molar-refractivity contribution in [2.75, 3.05) is 6.61 Å². The lowest BCUT2D eigenvalue weighted by Crippen LogP contribution is -2.62. The fraction of sp³-hybridized carbons (Fsp3) is 0.588. The molecule has 1 saturated heterocycles. The lowest BCUT2D eigenvalue weighted by Gasteiger charge is -2.45. The molecule has 1 aliphatic heterocycles. The van der Waals surface area contributed by atoms with E-state index < -0.39 is 48.7 Å². The van der Waals surface area contributed by atoms with Crippen LogP contribution in [0.3, 0.4) is 0 Å². The molecule has 1 aliphatic rings. The van der Waals surface area contributed by atoms with Crippen LogP contribution in [-0.2, 0) is 9.53 Å². The smallest absolute Gasteiger partial charge is 0.377 e. The van der Waals surface area contributed by atoms with E-state index in [0.29, 0.717) is 0 Å². The second-order valence-electron chi connectivity index (χ2n) is 6.43. The van der Waals surface area contributed by atoms with Crippen molar-refractivity contribution in [2.45, 2.75) is 50.5 Å². The van der Waals surface area contributed by atoms with Crippen LogP contribution in [0.5, 0.6) is 5.75 Å². The van der Waals surface area contributed by atoms with E-state index in [0.717, 1.165) is 5.56 Å². The molecule has 1 fully saturated rings. The minimum atomic E-state index is -2.22. The summed E-state index contributed by atoms with van der Waals surface area (Å²) in [5, 5.41) is 48.8. The number of aliphatic hydroxyl groups excluding tert-OH is 4. The number of rotatable bonds is 6. The van der Waals surface area contributed by atoms with Gasteiger partial charge < -0.3 is 35.0 Å². The number of carboxylic acids is 1. The number of carboxylic acid groups (broad SMARTS) is 1. The van der Waals surface area contributed by atoms with Gasteiger partial charge in [-0.2, -0.15) is 0 Å². The third-order valence-electron chi connectivity index (χ3n) is 4.48. The maximum Gasteiger partial charge on any atom is 0.377 e. The topological polar surface area (TPSA) is 137 Å². The minimum absolute atomic E-state index is 0.227. The van der Waals surface area contributed by atoms with Gasteiger partial charge >= 0.3 is 11.8 Å². The van der Waals surface area contributed by atoms with Gasteiger partial charge in [0.05, 0.1) is 25.2 Å². The Morgan fingerprint density at radius 3 is 2.48 bits per heavy atom. The lowest BCUT2D eigenvalue weighted by atomic mass is 9.84. The highest BCUT2D eigenvalue weighted by Gasteiger charge is 2.55. The average Bonchev–Trinajstić information content (AvgIpc) is 2.58. The lowest BCUT2D eigenvalue weighted by molar-refractivity contribution is -0.291. The summed E-state index contributed by atoms with van der Waals surface area (Å²) in [4.78, 5) is 11.9. The molecule has 6 atom stereocenters. The molecule has 0 radical (unpaired) electrons. The molecular formula is C17H24O8. The molecule has 1 aromatic rings. The molecule has 2 rings (SSSR count). The molecule has 5 N–H and O–H groups in total. The number of benzene rings is 1. The molecule has 0 aliphatic carbocycles. The zero-order valence-electron chi connectivity index (χ0n) is 14.1. The number of carbonyl (C=O) groups is 1. The maximum atomic E-state index is 11.9. The number of aliphatic carboxylic acids is 1. The summed E-state index contributed by atoms with van der Waals surface area (Å²) in [6.45, 7) is 2.69. The summed E-state index contributed by atoms with van der Waals surface area (Å²) in [7, 11) is 0. The normalized spacial score (nSPS) is 32.0. The third kappa shape index (κ3) is 4.10. The zero-order chi connectivity index (χ0) is 18.8. The number of hydrogen-bond acceptors (Lipinski definition) is 7. The largest absolute Gasteiger partial charge is 0.476 e. The zero-order valence-corrected chi connectivity index (χ0v) is 14.1. The molecule has 1 heterocycles. The van der Waals surface area contributed by atoms with Crippen molar-refractivity contribution in [2.24, 2.45) is 5.92 Å². The Balaban J connectivity index is 2.32. The van der Waals surface area contributed by atoms with Crippen LogP contribution in [0.15, 0.2) is 24.3 Å². The molecule has 0 saturated carbocycles. The number of hydrogen-bond donors (Lipinski definition) is 5. The van der Waals surface area contributed by atoms with E-state index in [1.54, 1.807) is 31.2 Å². The van der Waals surface area contributed by atoms with Gasteiger partial charge in [0.15, 0.2) is 0 Å². The average molecular weight is 356 g/mol. The van der Waals surface area contributed by atoms with Gasteiger partial charge in [-0.3, -0.25) is 0 Å². The van der Waals surface area contributed by atoms with E-state index in [9.17, 15) is 25.2 Å². The first-order valence-electron chi connectivity index (χ1n) is 8.02.